The summed E-state index contributed by atoms with van der Waals surface area (Å²) in [4.78, 5) is 11.9. The topological polar surface area (TPSA) is 119 Å². The Bertz CT molecular complexity index is 962. The highest BCUT2D eigenvalue weighted by Crippen LogP contribution is 2.44. The second-order valence-electron chi connectivity index (χ2n) is 5.24. The highest BCUT2D eigenvalue weighted by Gasteiger charge is 2.32. The number of ether oxygens (including phenoxy) is 3. The van der Waals surface area contributed by atoms with E-state index in [1.165, 1.54) is 26.4 Å². The number of hydrogen-bond acceptors (Lipinski definition) is 7. The number of phenolic OH excluding ortho intramolecular Hbond substituents is 1. The van der Waals surface area contributed by atoms with Gasteiger partial charge < -0.3 is 19.3 Å². The Kier molecular flexibility index (Phi) is 3.77. The van der Waals surface area contributed by atoms with E-state index in [1.54, 1.807) is 0 Å². The van der Waals surface area contributed by atoms with Crippen molar-refractivity contribution < 1.29 is 37.1 Å². The van der Waals surface area contributed by atoms with Crippen molar-refractivity contribution in [3.63, 3.8) is 0 Å². The smallest absolute Gasteiger partial charge is 0.342 e. The molecule has 0 spiro atoms. The van der Waals surface area contributed by atoms with Gasteiger partial charge in [0.05, 0.1) is 14.2 Å². The molecule has 0 bridgehead atoms. The van der Waals surface area contributed by atoms with Crippen molar-refractivity contribution in [2.45, 2.75) is 12.4 Å². The number of cyclic esters (lactones) is 1. The number of aromatic hydroxyl groups is 1. The number of phenols is 1. The molecule has 24 heavy (non-hydrogen) atoms. The molecule has 0 amide bonds. The number of carbonyl (C=O) groups excluding carboxylic acids is 1. The summed E-state index contributed by atoms with van der Waals surface area (Å²) in [5.41, 5.74) is 0.301. The highest BCUT2D eigenvalue weighted by atomic mass is 32.2. The van der Waals surface area contributed by atoms with Crippen LogP contribution in [0.2, 0.25) is 0 Å². The monoisotopic (exact) mass is 354 g/mol. The van der Waals surface area contributed by atoms with Crippen LogP contribution < -0.4 is 9.47 Å². The fraction of sp³-hybridized carbons (Fsp3) is 0.267. The van der Waals surface area contributed by atoms with Crippen LogP contribution in [0, 0.1) is 0 Å². The molecule has 128 valence electrons. The quantitative estimate of drug-likeness (QED) is 0.628. The van der Waals surface area contributed by atoms with Gasteiger partial charge in [0.2, 0.25) is 0 Å². The molecular weight excluding hydrogens is 340 g/mol. The molecule has 0 saturated heterocycles. The maximum atomic E-state index is 11.9. The number of carbonyl (C=O) groups is 1. The van der Waals surface area contributed by atoms with Gasteiger partial charge in [-0.3, -0.25) is 4.55 Å². The molecule has 1 heterocycles. The minimum absolute atomic E-state index is 0.103. The lowest BCUT2D eigenvalue weighted by atomic mass is 9.94. The van der Waals surface area contributed by atoms with Crippen molar-refractivity contribution in [2.75, 3.05) is 14.2 Å². The lowest BCUT2D eigenvalue weighted by molar-refractivity contribution is 0.0533. The highest BCUT2D eigenvalue weighted by molar-refractivity contribution is 7.85. The minimum Gasteiger partial charge on any atom is -0.506 e. The van der Waals surface area contributed by atoms with Crippen molar-refractivity contribution >= 4 is 26.9 Å². The van der Waals surface area contributed by atoms with E-state index in [1.807, 2.05) is 0 Å². The van der Waals surface area contributed by atoms with Gasteiger partial charge in [-0.2, -0.15) is 8.42 Å². The molecule has 0 fully saturated rings. The van der Waals surface area contributed by atoms with Crippen molar-refractivity contribution in [1.82, 2.24) is 0 Å². The van der Waals surface area contributed by atoms with E-state index in [0.29, 0.717) is 16.9 Å². The number of hydrogen-bond donors (Lipinski definition) is 2. The molecule has 1 aliphatic heterocycles. The number of rotatable bonds is 4. The third-order valence-corrected chi connectivity index (χ3v) is 4.54. The summed E-state index contributed by atoms with van der Waals surface area (Å²) < 4.78 is 47.3. The first kappa shape index (κ1) is 16.3. The molecule has 0 aliphatic carbocycles. The summed E-state index contributed by atoms with van der Waals surface area (Å²) in [5.74, 6) is -1.20. The molecule has 0 unspecified atom stereocenters. The molecule has 0 radical (unpaired) electrons. The first-order chi connectivity index (χ1) is 11.3. The SMILES string of the molecule is COc1cc2c(O)c3c(c(CS(=O)(=O)O)c2cc1OC)COC3=O. The van der Waals surface area contributed by atoms with Crippen molar-refractivity contribution in [2.24, 2.45) is 0 Å². The van der Waals surface area contributed by atoms with Gasteiger partial charge in [0, 0.05) is 10.9 Å². The van der Waals surface area contributed by atoms with Crippen LogP contribution in [-0.2, 0) is 27.2 Å². The summed E-state index contributed by atoms with van der Waals surface area (Å²) in [5, 5.41) is 11.0. The second-order valence-corrected chi connectivity index (χ2v) is 6.69. The van der Waals surface area contributed by atoms with Crippen molar-refractivity contribution in [3.8, 4) is 17.2 Å². The van der Waals surface area contributed by atoms with E-state index in [2.05, 4.69) is 0 Å². The molecule has 1 aliphatic rings. The van der Waals surface area contributed by atoms with Gasteiger partial charge in [0.15, 0.2) is 11.5 Å². The zero-order valence-electron chi connectivity index (χ0n) is 12.8. The van der Waals surface area contributed by atoms with E-state index in [4.69, 9.17) is 14.2 Å². The summed E-state index contributed by atoms with van der Waals surface area (Å²) in [6.45, 7) is -0.184. The first-order valence-electron chi connectivity index (χ1n) is 6.81. The number of methoxy groups -OCH3 is 2. The van der Waals surface area contributed by atoms with E-state index in [-0.39, 0.29) is 34.4 Å². The van der Waals surface area contributed by atoms with Gasteiger partial charge in [-0.25, -0.2) is 4.79 Å². The summed E-state index contributed by atoms with van der Waals surface area (Å²) in [6.07, 6.45) is 0. The normalized spacial score (nSPS) is 13.7. The van der Waals surface area contributed by atoms with Crippen molar-refractivity contribution in [3.05, 3.63) is 28.8 Å². The Labute approximate surface area is 137 Å². The molecule has 9 heteroatoms. The zero-order valence-corrected chi connectivity index (χ0v) is 13.6. The van der Waals surface area contributed by atoms with Crippen LogP contribution in [0.5, 0.6) is 17.2 Å². The molecule has 0 aromatic heterocycles. The van der Waals surface area contributed by atoms with Gasteiger partial charge in [-0.1, -0.05) is 0 Å². The molecule has 3 rings (SSSR count). The van der Waals surface area contributed by atoms with E-state index < -0.39 is 21.8 Å². The largest absolute Gasteiger partial charge is 0.506 e. The lowest BCUT2D eigenvalue weighted by Gasteiger charge is -2.15. The zero-order chi connectivity index (χ0) is 17.6. The van der Waals surface area contributed by atoms with Crippen LogP contribution in [0.25, 0.3) is 10.8 Å². The Morgan fingerprint density at radius 2 is 1.75 bits per heavy atom. The molecule has 8 nitrogen and oxygen atoms in total. The Morgan fingerprint density at radius 1 is 1.17 bits per heavy atom. The first-order valence-corrected chi connectivity index (χ1v) is 8.42. The molecule has 0 atom stereocenters. The average molecular weight is 354 g/mol. The van der Waals surface area contributed by atoms with Crippen LogP contribution in [0.3, 0.4) is 0 Å². The Balaban J connectivity index is 2.46. The lowest BCUT2D eigenvalue weighted by Crippen LogP contribution is -2.07. The van der Waals surface area contributed by atoms with Crippen molar-refractivity contribution in [1.29, 1.82) is 0 Å². The van der Waals surface area contributed by atoms with Gasteiger partial charge in [0.1, 0.15) is 23.7 Å². The van der Waals surface area contributed by atoms with Crippen LogP contribution in [0.15, 0.2) is 12.1 Å². The summed E-state index contributed by atoms with van der Waals surface area (Å²) >= 11 is 0. The molecule has 0 saturated carbocycles. The number of fused-ring (bicyclic) bond motifs is 2. The Hall–Kier alpha value is -2.52. The Morgan fingerprint density at radius 3 is 2.29 bits per heavy atom. The predicted molar refractivity (Wildman–Crippen MR) is 83.1 cm³/mol. The summed E-state index contributed by atoms with van der Waals surface area (Å²) in [6, 6.07) is 2.92. The van der Waals surface area contributed by atoms with Crippen LogP contribution in [0.1, 0.15) is 21.5 Å². The maximum absolute atomic E-state index is 11.9. The standard InChI is InChI=1S/C15H14O8S/c1-21-11-3-7-8(4-12(11)22-2)14(16)13-9(5-23-15(13)17)10(7)6-24(18,19)20/h3-4,16H,5-6H2,1-2H3,(H,18,19,20). The maximum Gasteiger partial charge on any atom is 0.342 e. The van der Waals surface area contributed by atoms with Crippen LogP contribution in [-0.4, -0.2) is 38.3 Å². The minimum atomic E-state index is -4.38. The van der Waals surface area contributed by atoms with E-state index in [0.717, 1.165) is 0 Å². The number of esters is 1. The van der Waals surface area contributed by atoms with Gasteiger partial charge in [-0.05, 0) is 23.1 Å². The third kappa shape index (κ3) is 2.51. The average Bonchev–Trinajstić information content (AvgIpc) is 2.91. The molecular formula is C15H14O8S. The number of benzene rings is 2. The predicted octanol–water partition coefficient (Wildman–Crippen LogP) is 1.62. The fourth-order valence-electron chi connectivity index (χ4n) is 2.85. The fourth-order valence-corrected chi connectivity index (χ4v) is 3.55. The third-order valence-electron chi connectivity index (χ3n) is 3.89. The second kappa shape index (κ2) is 5.53. The molecule has 2 N–H and O–H groups in total. The molecule has 2 aromatic carbocycles. The van der Waals surface area contributed by atoms with Crippen LogP contribution in [0.4, 0.5) is 0 Å². The molecule has 2 aromatic rings. The van der Waals surface area contributed by atoms with Gasteiger partial charge >= 0.3 is 5.97 Å². The van der Waals surface area contributed by atoms with Crippen LogP contribution >= 0.6 is 0 Å². The van der Waals surface area contributed by atoms with E-state index >= 15 is 0 Å². The summed E-state index contributed by atoms with van der Waals surface area (Å²) in [7, 11) is -1.56. The van der Waals surface area contributed by atoms with Gasteiger partial charge in [-0.15, -0.1) is 0 Å². The van der Waals surface area contributed by atoms with E-state index in [9.17, 15) is 22.9 Å². The van der Waals surface area contributed by atoms with Gasteiger partial charge in [0.25, 0.3) is 10.1 Å².